The van der Waals surface area contributed by atoms with E-state index >= 15 is 0 Å². The van der Waals surface area contributed by atoms with Gasteiger partial charge in [-0.05, 0) is 64.3 Å². The first-order valence-corrected chi connectivity index (χ1v) is 10.9. The molecule has 2 heterocycles. The molecule has 0 aliphatic carbocycles. The van der Waals surface area contributed by atoms with Crippen molar-refractivity contribution in [2.45, 2.75) is 63.3 Å². The summed E-state index contributed by atoms with van der Waals surface area (Å²) >= 11 is 0. The summed E-state index contributed by atoms with van der Waals surface area (Å²) in [6, 6.07) is 8.35. The number of ether oxygens (including phenoxy) is 1. The molecule has 2 fully saturated rings. The number of hydrogen-bond donors (Lipinski definition) is 1. The van der Waals surface area contributed by atoms with Crippen LogP contribution in [0, 0.1) is 6.92 Å². The lowest BCUT2D eigenvalue weighted by molar-refractivity contribution is -0.192. The van der Waals surface area contributed by atoms with Crippen LogP contribution >= 0.6 is 0 Å². The Labute approximate surface area is 187 Å². The summed E-state index contributed by atoms with van der Waals surface area (Å²) in [7, 11) is 4.20. The summed E-state index contributed by atoms with van der Waals surface area (Å²) in [5.74, 6) is -2.48. The van der Waals surface area contributed by atoms with Crippen molar-refractivity contribution < 1.29 is 32.6 Å². The summed E-state index contributed by atoms with van der Waals surface area (Å²) in [5.41, 5.74) is 2.47. The van der Waals surface area contributed by atoms with Crippen molar-refractivity contribution in [1.29, 1.82) is 0 Å². The molecule has 2 aliphatic rings. The minimum absolute atomic E-state index is 0.0861. The second-order valence-corrected chi connectivity index (χ2v) is 8.87. The van der Waals surface area contributed by atoms with Crippen molar-refractivity contribution in [2.75, 3.05) is 33.7 Å². The maximum atomic E-state index is 12.7. The first-order valence-electron chi connectivity index (χ1n) is 10.9. The predicted octanol–water partition coefficient (Wildman–Crippen LogP) is 3.66. The van der Waals surface area contributed by atoms with Crippen LogP contribution in [-0.2, 0) is 20.7 Å². The first kappa shape index (κ1) is 26.1. The molecule has 6 nitrogen and oxygen atoms in total. The van der Waals surface area contributed by atoms with Crippen LogP contribution in [0.1, 0.15) is 43.2 Å². The molecule has 32 heavy (non-hydrogen) atoms. The van der Waals surface area contributed by atoms with Crippen LogP contribution in [0.2, 0.25) is 0 Å². The van der Waals surface area contributed by atoms with Gasteiger partial charge in [-0.25, -0.2) is 4.79 Å². The molecular weight excluding hydrogens is 425 g/mol. The third kappa shape index (κ3) is 7.78. The lowest BCUT2D eigenvalue weighted by Gasteiger charge is -2.39. The summed E-state index contributed by atoms with van der Waals surface area (Å²) < 4.78 is 38.2. The molecule has 180 valence electrons. The van der Waals surface area contributed by atoms with Gasteiger partial charge in [0.25, 0.3) is 0 Å². The van der Waals surface area contributed by atoms with Gasteiger partial charge in [-0.1, -0.05) is 24.3 Å². The van der Waals surface area contributed by atoms with Crippen LogP contribution in [0.3, 0.4) is 0 Å². The predicted molar refractivity (Wildman–Crippen MR) is 114 cm³/mol. The number of benzene rings is 1. The molecule has 0 aromatic heterocycles. The number of carbonyl (C=O) groups is 2. The number of carboxylic acid groups (broad SMARTS) is 1. The second-order valence-electron chi connectivity index (χ2n) is 8.87. The van der Waals surface area contributed by atoms with Crippen LogP contribution in [0.5, 0.6) is 0 Å². The molecule has 2 aliphatic heterocycles. The van der Waals surface area contributed by atoms with E-state index in [0.717, 1.165) is 45.3 Å². The number of nitrogens with zero attached hydrogens (tertiary/aromatic N) is 2. The number of carboxylic acids is 1. The quantitative estimate of drug-likeness (QED) is 0.729. The molecular formula is C23H33F3N2O4. The van der Waals surface area contributed by atoms with E-state index in [2.05, 4.69) is 50.2 Å². The Hall–Kier alpha value is -2.13. The monoisotopic (exact) mass is 458 g/mol. The Balaban J connectivity index is 0.000000451. The fraction of sp³-hybridized carbons (Fsp3) is 0.652. The lowest BCUT2D eigenvalue weighted by Crippen LogP contribution is -2.46. The zero-order chi connectivity index (χ0) is 23.9. The largest absolute Gasteiger partial charge is 0.490 e. The van der Waals surface area contributed by atoms with Gasteiger partial charge in [0.1, 0.15) is 0 Å². The van der Waals surface area contributed by atoms with Crippen LogP contribution in [0.25, 0.3) is 0 Å². The molecule has 0 bridgehead atoms. The molecule has 1 N–H and O–H groups in total. The average Bonchev–Trinajstić information content (AvgIpc) is 3.09. The van der Waals surface area contributed by atoms with E-state index in [0.29, 0.717) is 12.5 Å². The van der Waals surface area contributed by atoms with E-state index < -0.39 is 12.1 Å². The van der Waals surface area contributed by atoms with Crippen LogP contribution < -0.4 is 0 Å². The van der Waals surface area contributed by atoms with Gasteiger partial charge in [0, 0.05) is 26.1 Å². The third-order valence-electron chi connectivity index (χ3n) is 5.92. The van der Waals surface area contributed by atoms with Crippen molar-refractivity contribution in [3.63, 3.8) is 0 Å². The normalized spacial score (nSPS) is 23.2. The first-order chi connectivity index (χ1) is 14.9. The highest BCUT2D eigenvalue weighted by atomic mass is 19.4. The number of halogens is 3. The maximum absolute atomic E-state index is 12.7. The smallest absolute Gasteiger partial charge is 0.475 e. The molecule has 0 unspecified atom stereocenters. The van der Waals surface area contributed by atoms with Gasteiger partial charge in [0.15, 0.2) is 0 Å². The fourth-order valence-electron chi connectivity index (χ4n) is 4.31. The summed E-state index contributed by atoms with van der Waals surface area (Å²) in [5, 5.41) is 7.12. The molecule has 1 amide bonds. The molecule has 2 saturated heterocycles. The third-order valence-corrected chi connectivity index (χ3v) is 5.92. The zero-order valence-corrected chi connectivity index (χ0v) is 19.0. The SMILES string of the molecule is Cc1ccccc1CCC(=O)N1CC[C@]2(CCC[C@@H](CN(C)C)O2)C1.O=C(O)C(F)(F)F. The number of aryl methyl sites for hydroxylation is 2. The van der Waals surface area contributed by atoms with E-state index in [4.69, 9.17) is 14.6 Å². The van der Waals surface area contributed by atoms with E-state index in [-0.39, 0.29) is 11.5 Å². The number of likely N-dealkylation sites (N-methyl/N-ethyl adjacent to an activating group) is 1. The number of aliphatic carboxylic acids is 1. The molecule has 1 aromatic carbocycles. The highest BCUT2D eigenvalue weighted by Crippen LogP contribution is 2.37. The summed E-state index contributed by atoms with van der Waals surface area (Å²) in [6.07, 6.45) is 1.10. The van der Waals surface area contributed by atoms with E-state index in [1.54, 1.807) is 0 Å². The van der Waals surface area contributed by atoms with Crippen LogP contribution in [-0.4, -0.2) is 78.4 Å². The van der Waals surface area contributed by atoms with Gasteiger partial charge in [-0.15, -0.1) is 0 Å². The molecule has 1 aromatic rings. The maximum Gasteiger partial charge on any atom is 0.490 e. The highest BCUT2D eigenvalue weighted by Gasteiger charge is 2.44. The Morgan fingerprint density at radius 2 is 1.91 bits per heavy atom. The van der Waals surface area contributed by atoms with Gasteiger partial charge < -0.3 is 19.6 Å². The van der Waals surface area contributed by atoms with Crippen LogP contribution in [0.4, 0.5) is 13.2 Å². The number of amides is 1. The summed E-state index contributed by atoms with van der Waals surface area (Å²) in [4.78, 5) is 25.8. The van der Waals surface area contributed by atoms with Gasteiger partial charge in [-0.2, -0.15) is 13.2 Å². The molecule has 0 saturated carbocycles. The number of rotatable bonds is 5. The Morgan fingerprint density at radius 1 is 1.25 bits per heavy atom. The summed E-state index contributed by atoms with van der Waals surface area (Å²) in [6.45, 7) is 4.72. The van der Waals surface area contributed by atoms with E-state index in [1.807, 2.05) is 4.90 Å². The Bertz CT molecular complexity index is 785. The fourth-order valence-corrected chi connectivity index (χ4v) is 4.31. The second kappa shape index (κ2) is 11.1. The molecule has 2 atom stereocenters. The van der Waals surface area contributed by atoms with Gasteiger partial charge in [-0.3, -0.25) is 4.79 Å². The van der Waals surface area contributed by atoms with Crippen LogP contribution in [0.15, 0.2) is 24.3 Å². The molecule has 1 spiro atoms. The van der Waals surface area contributed by atoms with Gasteiger partial charge in [0.2, 0.25) is 5.91 Å². The zero-order valence-electron chi connectivity index (χ0n) is 19.0. The average molecular weight is 459 g/mol. The van der Waals surface area contributed by atoms with Crippen molar-refractivity contribution in [3.05, 3.63) is 35.4 Å². The van der Waals surface area contributed by atoms with Gasteiger partial charge in [0.05, 0.1) is 11.7 Å². The standard InChI is InChI=1S/C21H32N2O2.C2HF3O2/c1-17-7-4-5-8-18(17)10-11-20(24)23-14-13-21(16-23)12-6-9-19(25-21)15-22(2)3;3-2(4,5)1(6)7/h4-5,7-8,19H,6,9-16H2,1-3H3;(H,6,7)/t19-,21+;/m0./s1. The van der Waals surface area contributed by atoms with Crippen molar-refractivity contribution in [2.24, 2.45) is 0 Å². The molecule has 3 rings (SSSR count). The topological polar surface area (TPSA) is 70.1 Å². The number of carbonyl (C=O) groups excluding carboxylic acids is 1. The van der Waals surface area contributed by atoms with Crippen molar-refractivity contribution in [1.82, 2.24) is 9.80 Å². The minimum Gasteiger partial charge on any atom is -0.475 e. The Morgan fingerprint density at radius 3 is 2.50 bits per heavy atom. The van der Waals surface area contributed by atoms with E-state index in [1.165, 1.54) is 17.5 Å². The number of alkyl halides is 3. The highest BCUT2D eigenvalue weighted by molar-refractivity contribution is 5.77. The van der Waals surface area contributed by atoms with Crippen molar-refractivity contribution in [3.8, 4) is 0 Å². The van der Waals surface area contributed by atoms with Gasteiger partial charge >= 0.3 is 12.1 Å². The Kier molecular flexibility index (Phi) is 9.09. The minimum atomic E-state index is -5.08. The van der Waals surface area contributed by atoms with E-state index in [9.17, 15) is 18.0 Å². The molecule has 0 radical (unpaired) electrons. The number of likely N-dealkylation sites (tertiary alicyclic amines) is 1. The molecule has 9 heteroatoms. The number of hydrogen-bond acceptors (Lipinski definition) is 4. The van der Waals surface area contributed by atoms with Crippen molar-refractivity contribution >= 4 is 11.9 Å². The lowest BCUT2D eigenvalue weighted by atomic mass is 9.90.